The molecular formula is C29H28ClFN6O. The quantitative estimate of drug-likeness (QED) is 0.204. The highest BCUT2D eigenvalue weighted by molar-refractivity contribution is 6.33. The first kappa shape index (κ1) is 25.5. The van der Waals surface area contributed by atoms with E-state index in [1.807, 2.05) is 30.3 Å². The molecule has 0 amide bonds. The van der Waals surface area contributed by atoms with Gasteiger partial charge in [-0.15, -0.1) is 6.58 Å². The summed E-state index contributed by atoms with van der Waals surface area (Å²) in [5.74, 6) is 0.0639. The fourth-order valence-electron chi connectivity index (χ4n) is 4.20. The van der Waals surface area contributed by atoms with Crippen LogP contribution in [-0.4, -0.2) is 42.8 Å². The first-order valence-electron chi connectivity index (χ1n) is 12.3. The summed E-state index contributed by atoms with van der Waals surface area (Å²) in [6, 6.07) is 20.0. The van der Waals surface area contributed by atoms with E-state index in [0.29, 0.717) is 53.4 Å². The van der Waals surface area contributed by atoms with Crippen LogP contribution in [0.15, 0.2) is 85.6 Å². The van der Waals surface area contributed by atoms with Crippen molar-refractivity contribution in [3.63, 3.8) is 0 Å². The Balaban J connectivity index is 1.50. The number of anilines is 6. The smallest absolute Gasteiger partial charge is 0.227 e. The molecule has 38 heavy (non-hydrogen) atoms. The molecule has 3 aromatic carbocycles. The summed E-state index contributed by atoms with van der Waals surface area (Å²) < 4.78 is 19.4. The Bertz CT molecular complexity index is 1430. The summed E-state index contributed by atoms with van der Waals surface area (Å²) in [6.07, 6.45) is 3.45. The number of nitrogens with one attached hydrogen (secondary N) is 3. The second-order valence-corrected chi connectivity index (χ2v) is 9.14. The van der Waals surface area contributed by atoms with Crippen molar-refractivity contribution in [2.75, 3.05) is 53.7 Å². The van der Waals surface area contributed by atoms with Gasteiger partial charge in [0.15, 0.2) is 0 Å². The minimum atomic E-state index is -0.343. The summed E-state index contributed by atoms with van der Waals surface area (Å²) >= 11 is 6.65. The van der Waals surface area contributed by atoms with Gasteiger partial charge in [-0.2, -0.15) is 0 Å². The van der Waals surface area contributed by atoms with Crippen molar-refractivity contribution in [3.8, 4) is 11.3 Å². The predicted molar refractivity (Wildman–Crippen MR) is 154 cm³/mol. The third-order valence-corrected chi connectivity index (χ3v) is 6.37. The summed E-state index contributed by atoms with van der Waals surface area (Å²) in [4.78, 5) is 11.7. The van der Waals surface area contributed by atoms with Crippen LogP contribution in [0.5, 0.6) is 0 Å². The second-order valence-electron chi connectivity index (χ2n) is 8.73. The number of hydrogen-bond acceptors (Lipinski definition) is 7. The van der Waals surface area contributed by atoms with E-state index in [-0.39, 0.29) is 5.82 Å². The molecule has 1 aromatic heterocycles. The van der Waals surface area contributed by atoms with Gasteiger partial charge in [0.05, 0.1) is 30.1 Å². The average molecular weight is 531 g/mol. The molecule has 2 heterocycles. The molecule has 1 aliphatic heterocycles. The molecule has 0 atom stereocenters. The molecule has 1 fully saturated rings. The standard InChI is InChI=1S/C29H28ClFN6O/c1-2-11-32-21-9-10-26(30)25(18-21)28-27(34-22-6-3-5-20(31)16-22)19-33-29(36-28)35-23-7-4-8-24(17-23)37-12-14-38-15-13-37/h2-10,16-19,32,34H,1,11-15H2,(H,33,35,36). The summed E-state index contributed by atoms with van der Waals surface area (Å²) in [6.45, 7) is 7.49. The Hall–Kier alpha value is -4.14. The van der Waals surface area contributed by atoms with Crippen molar-refractivity contribution in [1.29, 1.82) is 0 Å². The van der Waals surface area contributed by atoms with Gasteiger partial charge in [0.1, 0.15) is 11.5 Å². The molecule has 1 saturated heterocycles. The van der Waals surface area contributed by atoms with Gasteiger partial charge in [-0.05, 0) is 54.6 Å². The van der Waals surface area contributed by atoms with Crippen molar-refractivity contribution >= 4 is 46.0 Å². The molecule has 5 rings (SSSR count). The fourth-order valence-corrected chi connectivity index (χ4v) is 4.41. The highest BCUT2D eigenvalue weighted by atomic mass is 35.5. The molecule has 1 aliphatic rings. The Morgan fingerprint density at radius 3 is 2.55 bits per heavy atom. The van der Waals surface area contributed by atoms with E-state index >= 15 is 0 Å². The number of nitrogens with zero attached hydrogens (tertiary/aromatic N) is 3. The highest BCUT2D eigenvalue weighted by Gasteiger charge is 2.16. The van der Waals surface area contributed by atoms with E-state index in [4.69, 9.17) is 21.3 Å². The molecule has 9 heteroatoms. The van der Waals surface area contributed by atoms with Crippen molar-refractivity contribution in [3.05, 3.63) is 96.4 Å². The number of halogens is 2. The maximum atomic E-state index is 13.9. The van der Waals surface area contributed by atoms with Crippen molar-refractivity contribution in [2.45, 2.75) is 0 Å². The Morgan fingerprint density at radius 1 is 0.974 bits per heavy atom. The van der Waals surface area contributed by atoms with Gasteiger partial charge in [-0.1, -0.05) is 29.8 Å². The molecule has 0 spiro atoms. The van der Waals surface area contributed by atoms with Gasteiger partial charge < -0.3 is 25.6 Å². The average Bonchev–Trinajstić information content (AvgIpc) is 2.94. The van der Waals surface area contributed by atoms with Gasteiger partial charge in [0.25, 0.3) is 0 Å². The summed E-state index contributed by atoms with van der Waals surface area (Å²) in [7, 11) is 0. The normalized spacial score (nSPS) is 13.2. The van der Waals surface area contributed by atoms with Crippen LogP contribution >= 0.6 is 11.6 Å². The number of aromatic nitrogens is 2. The van der Waals surface area contributed by atoms with Crippen molar-refractivity contribution < 1.29 is 9.13 Å². The second kappa shape index (κ2) is 11.9. The minimum absolute atomic E-state index is 0.343. The lowest BCUT2D eigenvalue weighted by Crippen LogP contribution is -2.36. The van der Waals surface area contributed by atoms with E-state index < -0.39 is 0 Å². The largest absolute Gasteiger partial charge is 0.382 e. The number of morpholine rings is 1. The molecule has 194 valence electrons. The van der Waals surface area contributed by atoms with Gasteiger partial charge in [-0.25, -0.2) is 14.4 Å². The highest BCUT2D eigenvalue weighted by Crippen LogP contribution is 2.36. The van der Waals surface area contributed by atoms with E-state index in [1.165, 1.54) is 12.1 Å². The van der Waals surface area contributed by atoms with E-state index in [1.54, 1.807) is 24.4 Å². The SMILES string of the molecule is C=CCNc1ccc(Cl)c(-c2nc(Nc3cccc(N4CCOCC4)c3)ncc2Nc2cccc(F)c2)c1. The van der Waals surface area contributed by atoms with Crippen molar-refractivity contribution in [1.82, 2.24) is 9.97 Å². The predicted octanol–water partition coefficient (Wildman–Crippen LogP) is 6.86. The Labute approximate surface area is 226 Å². The lowest BCUT2D eigenvalue weighted by atomic mass is 10.1. The van der Waals surface area contributed by atoms with Crippen LogP contribution < -0.4 is 20.9 Å². The van der Waals surface area contributed by atoms with Gasteiger partial charge in [0, 0.05) is 47.9 Å². The summed E-state index contributed by atoms with van der Waals surface area (Å²) in [5.41, 5.74) is 5.27. The molecule has 0 bridgehead atoms. The zero-order chi connectivity index (χ0) is 26.3. The van der Waals surface area contributed by atoms with Crippen LogP contribution in [0.3, 0.4) is 0 Å². The van der Waals surface area contributed by atoms with Crippen LogP contribution in [0, 0.1) is 5.82 Å². The monoisotopic (exact) mass is 530 g/mol. The number of benzene rings is 3. The zero-order valence-electron chi connectivity index (χ0n) is 20.8. The third kappa shape index (κ3) is 6.22. The first-order valence-corrected chi connectivity index (χ1v) is 12.7. The fraction of sp³-hybridized carbons (Fsp3) is 0.172. The molecule has 0 unspecified atom stereocenters. The molecule has 7 nitrogen and oxygen atoms in total. The molecular weight excluding hydrogens is 503 g/mol. The number of hydrogen-bond donors (Lipinski definition) is 3. The van der Waals surface area contributed by atoms with Gasteiger partial charge in [0.2, 0.25) is 5.95 Å². The minimum Gasteiger partial charge on any atom is -0.382 e. The van der Waals surface area contributed by atoms with E-state index in [9.17, 15) is 4.39 Å². The molecule has 3 N–H and O–H groups in total. The van der Waals surface area contributed by atoms with Crippen LogP contribution in [-0.2, 0) is 4.74 Å². The molecule has 0 aliphatic carbocycles. The lowest BCUT2D eigenvalue weighted by molar-refractivity contribution is 0.122. The maximum Gasteiger partial charge on any atom is 0.227 e. The topological polar surface area (TPSA) is 74.3 Å². The Kier molecular flexibility index (Phi) is 8.01. The Morgan fingerprint density at radius 2 is 1.76 bits per heavy atom. The number of ether oxygens (including phenoxy) is 1. The van der Waals surface area contributed by atoms with E-state index in [2.05, 4.69) is 44.5 Å². The van der Waals surface area contributed by atoms with Crippen LogP contribution in [0.1, 0.15) is 0 Å². The first-order chi connectivity index (χ1) is 18.6. The van der Waals surface area contributed by atoms with Crippen LogP contribution in [0.4, 0.5) is 38.8 Å². The van der Waals surface area contributed by atoms with Crippen molar-refractivity contribution in [2.24, 2.45) is 0 Å². The van der Waals surface area contributed by atoms with Crippen LogP contribution in [0.2, 0.25) is 5.02 Å². The number of rotatable bonds is 9. The van der Waals surface area contributed by atoms with Gasteiger partial charge in [-0.3, -0.25) is 0 Å². The molecule has 4 aromatic rings. The molecule has 0 radical (unpaired) electrons. The van der Waals surface area contributed by atoms with E-state index in [0.717, 1.165) is 30.2 Å². The summed E-state index contributed by atoms with van der Waals surface area (Å²) in [5, 5.41) is 10.4. The van der Waals surface area contributed by atoms with Crippen LogP contribution in [0.25, 0.3) is 11.3 Å². The molecule has 0 saturated carbocycles. The maximum absolute atomic E-state index is 13.9. The zero-order valence-corrected chi connectivity index (χ0v) is 21.5. The lowest BCUT2D eigenvalue weighted by Gasteiger charge is -2.29. The third-order valence-electron chi connectivity index (χ3n) is 6.04. The van der Waals surface area contributed by atoms with Gasteiger partial charge >= 0.3 is 0 Å².